The van der Waals surface area contributed by atoms with Crippen LogP contribution in [-0.2, 0) is 12.2 Å². The van der Waals surface area contributed by atoms with Gasteiger partial charge in [0, 0.05) is 10.6 Å². The first-order chi connectivity index (χ1) is 11.1. The number of fused-ring (bicyclic) bond motifs is 1. The molecule has 5 nitrogen and oxygen atoms in total. The first-order valence-electron chi connectivity index (χ1n) is 7.04. The Morgan fingerprint density at radius 3 is 2.96 bits per heavy atom. The van der Waals surface area contributed by atoms with Gasteiger partial charge < -0.3 is 10.1 Å². The highest BCUT2D eigenvalue weighted by molar-refractivity contribution is 7.98. The van der Waals surface area contributed by atoms with Crippen LogP contribution in [0.5, 0.6) is 0 Å². The third kappa shape index (κ3) is 3.46. The van der Waals surface area contributed by atoms with Crippen LogP contribution in [0.4, 0.5) is 0 Å². The smallest absolute Gasteiger partial charge is 0.335 e. The number of rotatable bonds is 5. The van der Waals surface area contributed by atoms with Gasteiger partial charge in [-0.1, -0.05) is 30.8 Å². The fraction of sp³-hybridized carbons (Fsp3) is 0.188. The van der Waals surface area contributed by atoms with Gasteiger partial charge in [-0.05, 0) is 30.2 Å². The summed E-state index contributed by atoms with van der Waals surface area (Å²) < 4.78 is 0. The maximum Gasteiger partial charge on any atom is 0.335 e. The predicted octanol–water partition coefficient (Wildman–Crippen LogP) is 3.54. The van der Waals surface area contributed by atoms with Crippen LogP contribution in [-0.4, -0.2) is 21.0 Å². The van der Waals surface area contributed by atoms with Crippen molar-refractivity contribution in [2.24, 2.45) is 0 Å². The molecule has 0 saturated carbocycles. The molecule has 118 valence electrons. The molecule has 0 fully saturated rings. The number of hydrogen-bond donors (Lipinski definition) is 2. The minimum atomic E-state index is -0.949. The van der Waals surface area contributed by atoms with E-state index in [9.17, 15) is 9.59 Å². The molecule has 3 aromatic rings. The van der Waals surface area contributed by atoms with Gasteiger partial charge >= 0.3 is 5.97 Å². The summed E-state index contributed by atoms with van der Waals surface area (Å²) in [6.45, 7) is 2.05. The summed E-state index contributed by atoms with van der Waals surface area (Å²) in [7, 11) is 0. The number of carboxylic acid groups (broad SMARTS) is 1. The van der Waals surface area contributed by atoms with E-state index in [1.165, 1.54) is 23.1 Å². The van der Waals surface area contributed by atoms with Gasteiger partial charge in [0.1, 0.15) is 4.83 Å². The van der Waals surface area contributed by atoms with Crippen LogP contribution in [0.2, 0.25) is 0 Å². The van der Waals surface area contributed by atoms with Crippen LogP contribution in [0.25, 0.3) is 10.2 Å². The van der Waals surface area contributed by atoms with Crippen LogP contribution in [0.15, 0.2) is 40.3 Å². The van der Waals surface area contributed by atoms with Gasteiger partial charge in [-0.3, -0.25) is 4.79 Å². The van der Waals surface area contributed by atoms with E-state index in [0.29, 0.717) is 16.3 Å². The number of benzene rings is 1. The van der Waals surface area contributed by atoms with E-state index in [0.717, 1.165) is 21.7 Å². The lowest BCUT2D eigenvalue weighted by Crippen LogP contribution is -2.07. The molecule has 0 bridgehead atoms. The Labute approximate surface area is 140 Å². The second-order valence-corrected chi connectivity index (χ2v) is 7.03. The molecule has 2 aromatic heterocycles. The Kier molecular flexibility index (Phi) is 4.49. The third-order valence-electron chi connectivity index (χ3n) is 3.33. The molecular formula is C16H14N2O3S2. The van der Waals surface area contributed by atoms with Gasteiger partial charge in [0.05, 0.1) is 10.9 Å². The second-order valence-electron chi connectivity index (χ2n) is 4.95. The Bertz CT molecular complexity index is 930. The predicted molar refractivity (Wildman–Crippen MR) is 92.6 cm³/mol. The van der Waals surface area contributed by atoms with E-state index in [1.54, 1.807) is 18.2 Å². The molecule has 0 aliphatic heterocycles. The molecule has 0 atom stereocenters. The normalized spacial score (nSPS) is 11.0. The zero-order valence-corrected chi connectivity index (χ0v) is 14.0. The minimum absolute atomic E-state index is 0.132. The largest absolute Gasteiger partial charge is 0.478 e. The summed E-state index contributed by atoms with van der Waals surface area (Å²) in [4.78, 5) is 32.2. The molecular weight excluding hydrogens is 332 g/mol. The summed E-state index contributed by atoms with van der Waals surface area (Å²) >= 11 is 2.92. The van der Waals surface area contributed by atoms with Crippen molar-refractivity contribution in [3.8, 4) is 0 Å². The molecule has 0 aliphatic rings. The molecule has 2 heterocycles. The van der Waals surface area contributed by atoms with E-state index in [4.69, 9.17) is 5.11 Å². The number of aromatic carboxylic acids is 1. The van der Waals surface area contributed by atoms with E-state index in [-0.39, 0.29) is 11.1 Å². The van der Waals surface area contributed by atoms with Crippen LogP contribution in [0.1, 0.15) is 27.7 Å². The highest BCUT2D eigenvalue weighted by atomic mass is 32.2. The number of nitrogens with zero attached hydrogens (tertiary/aromatic N) is 1. The molecule has 0 radical (unpaired) electrons. The van der Waals surface area contributed by atoms with E-state index >= 15 is 0 Å². The fourth-order valence-corrected chi connectivity index (χ4v) is 3.98. The standard InChI is InChI=1S/C16H14N2O3S2/c1-2-11-7-12-13(19)17-16(18-14(12)23-11)22-8-9-4-3-5-10(6-9)15(20)21/h3-7H,2,8H2,1H3,(H,20,21)(H,17,18,19). The van der Waals surface area contributed by atoms with Crippen molar-refractivity contribution in [2.75, 3.05) is 0 Å². The van der Waals surface area contributed by atoms with Crippen molar-refractivity contribution in [2.45, 2.75) is 24.3 Å². The van der Waals surface area contributed by atoms with Crippen molar-refractivity contribution in [3.05, 3.63) is 56.7 Å². The van der Waals surface area contributed by atoms with Gasteiger partial charge in [-0.15, -0.1) is 11.3 Å². The molecule has 2 N–H and O–H groups in total. The van der Waals surface area contributed by atoms with Gasteiger partial charge in [0.2, 0.25) is 0 Å². The lowest BCUT2D eigenvalue weighted by atomic mass is 10.1. The number of carboxylic acids is 1. The summed E-state index contributed by atoms with van der Waals surface area (Å²) in [5, 5.41) is 10.2. The van der Waals surface area contributed by atoms with Gasteiger partial charge in [0.15, 0.2) is 5.16 Å². The number of carbonyl (C=O) groups is 1. The van der Waals surface area contributed by atoms with E-state index in [1.807, 2.05) is 19.1 Å². The summed E-state index contributed by atoms with van der Waals surface area (Å²) in [5.41, 5.74) is 0.997. The van der Waals surface area contributed by atoms with Crippen molar-refractivity contribution in [1.29, 1.82) is 0 Å². The quantitative estimate of drug-likeness (QED) is 0.545. The number of nitrogens with one attached hydrogen (secondary N) is 1. The number of aromatic nitrogens is 2. The Balaban J connectivity index is 1.83. The van der Waals surface area contributed by atoms with Crippen molar-refractivity contribution in [3.63, 3.8) is 0 Å². The SMILES string of the molecule is CCc1cc2c(=O)[nH]c(SCc3cccc(C(=O)O)c3)nc2s1. The number of H-pyrrole nitrogens is 1. The van der Waals surface area contributed by atoms with Gasteiger partial charge in [-0.25, -0.2) is 9.78 Å². The average molecular weight is 346 g/mol. The highest BCUT2D eigenvalue weighted by Gasteiger charge is 2.09. The molecule has 0 aliphatic carbocycles. The summed E-state index contributed by atoms with van der Waals surface area (Å²) in [5.74, 6) is -0.405. The number of thioether (sulfide) groups is 1. The number of thiophene rings is 1. The molecule has 0 amide bonds. The van der Waals surface area contributed by atoms with Crippen molar-refractivity contribution >= 4 is 39.3 Å². The third-order valence-corrected chi connectivity index (χ3v) is 5.45. The Morgan fingerprint density at radius 2 is 2.22 bits per heavy atom. The molecule has 1 aromatic carbocycles. The topological polar surface area (TPSA) is 83.0 Å². The zero-order valence-electron chi connectivity index (χ0n) is 12.3. The van der Waals surface area contributed by atoms with E-state index < -0.39 is 5.97 Å². The lowest BCUT2D eigenvalue weighted by Gasteiger charge is -2.03. The number of hydrogen-bond acceptors (Lipinski definition) is 5. The van der Waals surface area contributed by atoms with Crippen LogP contribution in [0.3, 0.4) is 0 Å². The first kappa shape index (κ1) is 15.8. The summed E-state index contributed by atoms with van der Waals surface area (Å²) in [6, 6.07) is 8.64. The maximum atomic E-state index is 12.1. The molecule has 0 spiro atoms. The Morgan fingerprint density at radius 1 is 1.39 bits per heavy atom. The monoisotopic (exact) mass is 346 g/mol. The number of aryl methyl sites for hydroxylation is 1. The molecule has 3 rings (SSSR count). The Hall–Kier alpha value is -2.12. The van der Waals surface area contributed by atoms with Gasteiger partial charge in [0.25, 0.3) is 5.56 Å². The van der Waals surface area contributed by atoms with E-state index in [2.05, 4.69) is 9.97 Å². The van der Waals surface area contributed by atoms with Crippen LogP contribution >= 0.6 is 23.1 Å². The number of aromatic amines is 1. The second kappa shape index (κ2) is 6.55. The summed E-state index contributed by atoms with van der Waals surface area (Å²) in [6.07, 6.45) is 0.880. The van der Waals surface area contributed by atoms with Gasteiger partial charge in [-0.2, -0.15) is 0 Å². The molecule has 7 heteroatoms. The lowest BCUT2D eigenvalue weighted by molar-refractivity contribution is 0.0697. The van der Waals surface area contributed by atoms with Crippen LogP contribution in [0, 0.1) is 0 Å². The maximum absolute atomic E-state index is 12.1. The molecule has 23 heavy (non-hydrogen) atoms. The average Bonchev–Trinajstić information content (AvgIpc) is 2.97. The van der Waals surface area contributed by atoms with Crippen molar-refractivity contribution < 1.29 is 9.90 Å². The van der Waals surface area contributed by atoms with Crippen LogP contribution < -0.4 is 5.56 Å². The fourth-order valence-electron chi connectivity index (χ4n) is 2.15. The highest BCUT2D eigenvalue weighted by Crippen LogP contribution is 2.25. The molecule has 0 saturated heterocycles. The first-order valence-corrected chi connectivity index (χ1v) is 8.85. The van der Waals surface area contributed by atoms with Crippen molar-refractivity contribution in [1.82, 2.24) is 9.97 Å². The molecule has 0 unspecified atom stereocenters. The zero-order chi connectivity index (χ0) is 16.4. The minimum Gasteiger partial charge on any atom is -0.478 e.